The van der Waals surface area contributed by atoms with Crippen LogP contribution >= 0.6 is 0 Å². The molecule has 0 saturated carbocycles. The molecular weight excluding hydrogens is 258 g/mol. The number of carboxylic acids is 1. The highest BCUT2D eigenvalue weighted by Gasteiger charge is 2.23. The Kier molecular flexibility index (Phi) is 5.26. The predicted octanol–water partition coefficient (Wildman–Crippen LogP) is -0.0584. The first-order chi connectivity index (χ1) is 8.44. The van der Waals surface area contributed by atoms with Crippen LogP contribution in [0.2, 0.25) is 0 Å². The number of carboxylic acid groups (broad SMARTS) is 1. The van der Waals surface area contributed by atoms with E-state index in [-0.39, 0.29) is 12.2 Å². The molecule has 0 aliphatic heterocycles. The van der Waals surface area contributed by atoms with Crippen LogP contribution in [0.3, 0.4) is 0 Å². The molecule has 100 valence electrons. The van der Waals surface area contributed by atoms with Gasteiger partial charge in [-0.05, 0) is 12.0 Å². The number of carbonyl (C=O) groups is 1. The lowest BCUT2D eigenvalue weighted by Crippen LogP contribution is -2.41. The number of sulfonamides is 1. The molecule has 1 aromatic carbocycles. The van der Waals surface area contributed by atoms with E-state index in [4.69, 9.17) is 10.2 Å². The Morgan fingerprint density at radius 3 is 2.39 bits per heavy atom. The van der Waals surface area contributed by atoms with Gasteiger partial charge in [-0.3, -0.25) is 4.79 Å². The lowest BCUT2D eigenvalue weighted by atomic mass is 10.2. The number of aliphatic hydroxyl groups excluding tert-OH is 1. The molecule has 0 aliphatic carbocycles. The zero-order chi connectivity index (χ0) is 13.6. The fourth-order valence-electron chi connectivity index (χ4n) is 1.41. The fourth-order valence-corrected chi connectivity index (χ4v) is 2.78. The van der Waals surface area contributed by atoms with Crippen LogP contribution in [0.15, 0.2) is 30.3 Å². The number of nitrogens with one attached hydrogen (secondary N) is 1. The average molecular weight is 273 g/mol. The summed E-state index contributed by atoms with van der Waals surface area (Å²) in [6.07, 6.45) is -0.163. The monoisotopic (exact) mass is 273 g/mol. The first kappa shape index (κ1) is 14.6. The molecule has 0 amide bonds. The second-order valence-corrected chi connectivity index (χ2v) is 5.52. The van der Waals surface area contributed by atoms with E-state index in [2.05, 4.69) is 4.72 Å². The van der Waals surface area contributed by atoms with Gasteiger partial charge in [0, 0.05) is 6.61 Å². The molecule has 18 heavy (non-hydrogen) atoms. The third kappa shape index (κ3) is 4.82. The maximum Gasteiger partial charge on any atom is 0.321 e. The lowest BCUT2D eigenvalue weighted by Gasteiger charge is -2.13. The molecule has 0 saturated heterocycles. The number of benzene rings is 1. The average Bonchev–Trinajstić information content (AvgIpc) is 2.28. The van der Waals surface area contributed by atoms with Crippen molar-refractivity contribution in [3.8, 4) is 0 Å². The molecule has 6 nitrogen and oxygen atoms in total. The Morgan fingerprint density at radius 1 is 1.28 bits per heavy atom. The summed E-state index contributed by atoms with van der Waals surface area (Å²) in [6, 6.07) is 7.14. The normalized spacial score (nSPS) is 13.2. The number of aliphatic carboxylic acids is 1. The molecular formula is C11H15NO5S. The number of hydrogen-bond acceptors (Lipinski definition) is 4. The van der Waals surface area contributed by atoms with Crippen molar-refractivity contribution >= 4 is 16.0 Å². The van der Waals surface area contributed by atoms with E-state index in [1.165, 1.54) is 0 Å². The van der Waals surface area contributed by atoms with Crippen LogP contribution in [-0.2, 0) is 20.6 Å². The van der Waals surface area contributed by atoms with Crippen LogP contribution in [-0.4, -0.2) is 37.2 Å². The molecule has 0 radical (unpaired) electrons. The SMILES string of the molecule is O=C(O)[C@@H](CCO)NS(=O)(=O)Cc1ccccc1. The molecule has 0 heterocycles. The first-order valence-corrected chi connectivity index (χ1v) is 6.97. The minimum Gasteiger partial charge on any atom is -0.480 e. The molecule has 0 spiro atoms. The Morgan fingerprint density at radius 2 is 1.89 bits per heavy atom. The smallest absolute Gasteiger partial charge is 0.321 e. The van der Waals surface area contributed by atoms with E-state index in [1.807, 2.05) is 0 Å². The largest absolute Gasteiger partial charge is 0.480 e. The molecule has 0 unspecified atom stereocenters. The van der Waals surface area contributed by atoms with Crippen LogP contribution in [0.25, 0.3) is 0 Å². The van der Waals surface area contributed by atoms with Crippen molar-refractivity contribution < 1.29 is 23.4 Å². The number of hydrogen-bond donors (Lipinski definition) is 3. The molecule has 1 atom stereocenters. The van der Waals surface area contributed by atoms with E-state index in [9.17, 15) is 13.2 Å². The highest BCUT2D eigenvalue weighted by molar-refractivity contribution is 7.88. The fraction of sp³-hybridized carbons (Fsp3) is 0.364. The highest BCUT2D eigenvalue weighted by atomic mass is 32.2. The van der Waals surface area contributed by atoms with Crippen molar-refractivity contribution in [1.82, 2.24) is 4.72 Å². The molecule has 3 N–H and O–H groups in total. The molecule has 0 aromatic heterocycles. The van der Waals surface area contributed by atoms with Gasteiger partial charge in [0.15, 0.2) is 0 Å². The van der Waals surface area contributed by atoms with Gasteiger partial charge in [-0.15, -0.1) is 0 Å². The van der Waals surface area contributed by atoms with Gasteiger partial charge in [-0.25, -0.2) is 13.1 Å². The minimum atomic E-state index is -3.74. The zero-order valence-corrected chi connectivity index (χ0v) is 10.4. The Hall–Kier alpha value is -1.44. The number of aliphatic hydroxyl groups is 1. The van der Waals surface area contributed by atoms with Crippen LogP contribution in [0.5, 0.6) is 0 Å². The van der Waals surface area contributed by atoms with Gasteiger partial charge < -0.3 is 10.2 Å². The van der Waals surface area contributed by atoms with E-state index < -0.39 is 28.6 Å². The van der Waals surface area contributed by atoms with Crippen LogP contribution in [0, 0.1) is 0 Å². The Bertz CT molecular complexity index is 485. The second-order valence-electron chi connectivity index (χ2n) is 3.77. The van der Waals surface area contributed by atoms with Crippen molar-refractivity contribution in [3.63, 3.8) is 0 Å². The second kappa shape index (κ2) is 6.48. The predicted molar refractivity (Wildman–Crippen MR) is 65.3 cm³/mol. The van der Waals surface area contributed by atoms with Crippen LogP contribution in [0.4, 0.5) is 0 Å². The van der Waals surface area contributed by atoms with Gasteiger partial charge in [0.25, 0.3) is 0 Å². The molecule has 0 aliphatic rings. The summed E-state index contributed by atoms with van der Waals surface area (Å²) in [5, 5.41) is 17.5. The molecule has 1 rings (SSSR count). The first-order valence-electron chi connectivity index (χ1n) is 5.32. The van der Waals surface area contributed by atoms with Crippen molar-refractivity contribution in [1.29, 1.82) is 0 Å². The van der Waals surface area contributed by atoms with E-state index >= 15 is 0 Å². The molecule has 0 fully saturated rings. The maximum absolute atomic E-state index is 11.7. The summed E-state index contributed by atoms with van der Waals surface area (Å²) in [5.74, 6) is -1.59. The van der Waals surface area contributed by atoms with Crippen molar-refractivity contribution in [3.05, 3.63) is 35.9 Å². The zero-order valence-electron chi connectivity index (χ0n) is 9.61. The summed E-state index contributed by atoms with van der Waals surface area (Å²) in [6.45, 7) is -0.398. The molecule has 7 heteroatoms. The third-order valence-electron chi connectivity index (χ3n) is 2.24. The van der Waals surface area contributed by atoms with Crippen molar-refractivity contribution in [2.24, 2.45) is 0 Å². The Labute approximate surface area is 105 Å². The van der Waals surface area contributed by atoms with Gasteiger partial charge in [0.05, 0.1) is 5.75 Å². The third-order valence-corrected chi connectivity index (χ3v) is 3.59. The summed E-state index contributed by atoms with van der Waals surface area (Å²) >= 11 is 0. The summed E-state index contributed by atoms with van der Waals surface area (Å²) in [7, 11) is -3.74. The summed E-state index contributed by atoms with van der Waals surface area (Å²) in [5.41, 5.74) is 0.568. The number of rotatable bonds is 7. The Balaban J connectivity index is 2.72. The lowest BCUT2D eigenvalue weighted by molar-refractivity contribution is -0.139. The molecule has 0 bridgehead atoms. The van der Waals surface area contributed by atoms with Crippen molar-refractivity contribution in [2.75, 3.05) is 6.61 Å². The van der Waals surface area contributed by atoms with Gasteiger partial charge in [0.1, 0.15) is 6.04 Å². The quantitative estimate of drug-likeness (QED) is 0.646. The van der Waals surface area contributed by atoms with Gasteiger partial charge in [-0.2, -0.15) is 0 Å². The topological polar surface area (TPSA) is 104 Å². The van der Waals surface area contributed by atoms with Crippen molar-refractivity contribution in [2.45, 2.75) is 18.2 Å². The summed E-state index contributed by atoms with van der Waals surface area (Å²) < 4.78 is 25.5. The standard InChI is InChI=1S/C11H15NO5S/c13-7-6-10(11(14)15)12-18(16,17)8-9-4-2-1-3-5-9/h1-5,10,12-13H,6-8H2,(H,14,15)/t10-/m1/s1. The highest BCUT2D eigenvalue weighted by Crippen LogP contribution is 2.05. The van der Waals surface area contributed by atoms with E-state index in [0.29, 0.717) is 5.56 Å². The van der Waals surface area contributed by atoms with Gasteiger partial charge in [0.2, 0.25) is 10.0 Å². The molecule has 1 aromatic rings. The summed E-state index contributed by atoms with van der Waals surface area (Å²) in [4.78, 5) is 10.8. The van der Waals surface area contributed by atoms with Gasteiger partial charge in [-0.1, -0.05) is 30.3 Å². The minimum absolute atomic E-state index is 0.163. The van der Waals surface area contributed by atoms with Crippen LogP contribution in [0.1, 0.15) is 12.0 Å². The van der Waals surface area contributed by atoms with E-state index in [0.717, 1.165) is 0 Å². The van der Waals surface area contributed by atoms with Crippen LogP contribution < -0.4 is 4.72 Å². The van der Waals surface area contributed by atoms with E-state index in [1.54, 1.807) is 30.3 Å². The maximum atomic E-state index is 11.7. The van der Waals surface area contributed by atoms with Gasteiger partial charge >= 0.3 is 5.97 Å².